The molecular formula is C15H17ClF4N2O4. The van der Waals surface area contributed by atoms with Crippen LogP contribution < -0.4 is 11.1 Å². The Hall–Kier alpha value is -1.91. The second kappa shape index (κ2) is 9.15. The predicted octanol–water partition coefficient (Wildman–Crippen LogP) is 2.39. The molecule has 5 N–H and O–H groups in total. The van der Waals surface area contributed by atoms with Crippen molar-refractivity contribution >= 4 is 23.5 Å². The fraction of sp³-hybridized carbons (Fsp3) is 0.467. The van der Waals surface area contributed by atoms with Gasteiger partial charge in [0.05, 0.1) is 5.02 Å². The molecule has 0 bridgehead atoms. The highest BCUT2D eigenvalue weighted by Crippen LogP contribution is 2.40. The van der Waals surface area contributed by atoms with Crippen LogP contribution in [0.2, 0.25) is 5.02 Å². The summed E-state index contributed by atoms with van der Waals surface area (Å²) < 4.78 is 44.5. The van der Waals surface area contributed by atoms with Crippen LogP contribution in [0.1, 0.15) is 18.4 Å². The zero-order valence-corrected chi connectivity index (χ0v) is 14.0. The first kappa shape index (κ1) is 22.1. The average Bonchev–Trinajstić information content (AvgIpc) is 3.16. The highest BCUT2D eigenvalue weighted by molar-refractivity contribution is 6.30. The number of fused-ring (bicyclic) bond motifs is 1. The Bertz CT molecular complexity index is 647. The third-order valence-corrected chi connectivity index (χ3v) is 3.96. The van der Waals surface area contributed by atoms with Crippen molar-refractivity contribution < 1.29 is 37.4 Å². The van der Waals surface area contributed by atoms with Gasteiger partial charge >= 0.3 is 18.1 Å². The topological polar surface area (TPSA) is 113 Å². The summed E-state index contributed by atoms with van der Waals surface area (Å²) in [6.45, 7) is 0.187. The minimum atomic E-state index is -5.08. The van der Waals surface area contributed by atoms with Gasteiger partial charge in [-0.05, 0) is 24.8 Å². The molecule has 0 aromatic heterocycles. The van der Waals surface area contributed by atoms with E-state index >= 15 is 0 Å². The number of alkyl halides is 3. The van der Waals surface area contributed by atoms with E-state index in [-0.39, 0.29) is 17.6 Å². The molecule has 11 heteroatoms. The number of carbonyl (C=O) groups is 2. The van der Waals surface area contributed by atoms with Gasteiger partial charge in [0.25, 0.3) is 0 Å². The predicted molar refractivity (Wildman–Crippen MR) is 84.1 cm³/mol. The molecule has 3 atom stereocenters. The van der Waals surface area contributed by atoms with Crippen molar-refractivity contribution in [1.29, 1.82) is 0 Å². The Morgan fingerprint density at radius 3 is 2.15 bits per heavy atom. The monoisotopic (exact) mass is 400 g/mol. The number of hydrogen-bond donors (Lipinski definition) is 4. The summed E-state index contributed by atoms with van der Waals surface area (Å²) in [6, 6.07) is 5.09. The SMILES string of the molecule is NCc1cccc(Cl)c1F.O=C(O)C(F)(F)F.O=C(O)[C@@H]1C[C@H]2C[C@H]2N1. The van der Waals surface area contributed by atoms with Gasteiger partial charge in [-0.3, -0.25) is 4.79 Å². The third kappa shape index (κ3) is 6.77. The Kier molecular flexibility index (Phi) is 7.79. The molecule has 1 aromatic rings. The first-order valence-corrected chi connectivity index (χ1v) is 7.77. The summed E-state index contributed by atoms with van der Waals surface area (Å²) in [5.74, 6) is -3.17. The van der Waals surface area contributed by atoms with Gasteiger partial charge in [0.1, 0.15) is 11.9 Å². The van der Waals surface area contributed by atoms with Gasteiger partial charge in [-0.1, -0.05) is 23.7 Å². The van der Waals surface area contributed by atoms with E-state index in [2.05, 4.69) is 5.32 Å². The van der Waals surface area contributed by atoms with Crippen LogP contribution in [0.25, 0.3) is 0 Å². The van der Waals surface area contributed by atoms with Crippen molar-refractivity contribution in [1.82, 2.24) is 5.32 Å². The van der Waals surface area contributed by atoms with E-state index in [1.165, 1.54) is 12.5 Å². The van der Waals surface area contributed by atoms with Gasteiger partial charge in [-0.15, -0.1) is 0 Å². The van der Waals surface area contributed by atoms with Crippen LogP contribution in [0.15, 0.2) is 18.2 Å². The van der Waals surface area contributed by atoms with Crippen molar-refractivity contribution in [3.05, 3.63) is 34.6 Å². The molecular weight excluding hydrogens is 384 g/mol. The summed E-state index contributed by atoms with van der Waals surface area (Å²) in [5.41, 5.74) is 5.67. The number of carboxylic acids is 2. The van der Waals surface area contributed by atoms with Crippen LogP contribution in [0.5, 0.6) is 0 Å². The Labute approximate surface area is 150 Å². The summed E-state index contributed by atoms with van der Waals surface area (Å²) in [5, 5.41) is 18.8. The second-order valence-corrected chi connectivity index (χ2v) is 6.02. The highest BCUT2D eigenvalue weighted by atomic mass is 35.5. The molecule has 2 fully saturated rings. The molecule has 1 aliphatic heterocycles. The number of halogens is 5. The molecule has 0 radical (unpaired) electrons. The van der Waals surface area contributed by atoms with Gasteiger partial charge in [0.15, 0.2) is 0 Å². The van der Waals surface area contributed by atoms with Crippen molar-refractivity contribution in [2.75, 3.05) is 0 Å². The van der Waals surface area contributed by atoms with Crippen molar-refractivity contribution in [2.24, 2.45) is 11.7 Å². The fourth-order valence-electron chi connectivity index (χ4n) is 2.22. The van der Waals surface area contributed by atoms with Crippen LogP contribution in [-0.2, 0) is 16.1 Å². The summed E-state index contributed by atoms with van der Waals surface area (Å²) in [6.07, 6.45) is -3.04. The lowest BCUT2D eigenvalue weighted by Gasteiger charge is -2.04. The minimum Gasteiger partial charge on any atom is -0.480 e. The zero-order valence-electron chi connectivity index (χ0n) is 13.3. The number of benzene rings is 1. The molecule has 2 aliphatic rings. The van der Waals surface area contributed by atoms with Gasteiger partial charge in [0, 0.05) is 18.2 Å². The average molecular weight is 401 g/mol. The van der Waals surface area contributed by atoms with E-state index < -0.39 is 23.9 Å². The summed E-state index contributed by atoms with van der Waals surface area (Å²) in [7, 11) is 0. The van der Waals surface area contributed by atoms with Gasteiger partial charge < -0.3 is 21.3 Å². The Morgan fingerprint density at radius 1 is 1.27 bits per heavy atom. The lowest BCUT2D eigenvalue weighted by Crippen LogP contribution is -2.33. The maximum absolute atomic E-state index is 12.8. The number of aliphatic carboxylic acids is 2. The third-order valence-electron chi connectivity index (χ3n) is 3.67. The fourth-order valence-corrected chi connectivity index (χ4v) is 2.41. The Balaban J connectivity index is 0.000000199. The van der Waals surface area contributed by atoms with Gasteiger partial charge in [-0.2, -0.15) is 13.2 Å². The second-order valence-electron chi connectivity index (χ2n) is 5.62. The number of hydrogen-bond acceptors (Lipinski definition) is 4. The number of rotatable bonds is 2. The van der Waals surface area contributed by atoms with Crippen LogP contribution >= 0.6 is 11.6 Å². The van der Waals surface area contributed by atoms with E-state index in [4.69, 9.17) is 32.3 Å². The first-order valence-electron chi connectivity index (χ1n) is 7.39. The van der Waals surface area contributed by atoms with Gasteiger partial charge in [0.2, 0.25) is 0 Å². The lowest BCUT2D eigenvalue weighted by molar-refractivity contribution is -0.192. The highest BCUT2D eigenvalue weighted by Gasteiger charge is 2.47. The molecule has 0 amide bonds. The normalized spacial score (nSPS) is 22.9. The van der Waals surface area contributed by atoms with Crippen molar-refractivity contribution in [3.8, 4) is 0 Å². The molecule has 26 heavy (non-hydrogen) atoms. The molecule has 1 aromatic carbocycles. The van der Waals surface area contributed by atoms with E-state index in [1.54, 1.807) is 12.1 Å². The smallest absolute Gasteiger partial charge is 0.480 e. The molecule has 0 spiro atoms. The molecule has 1 heterocycles. The maximum Gasteiger partial charge on any atom is 0.490 e. The molecule has 6 nitrogen and oxygen atoms in total. The van der Waals surface area contributed by atoms with Crippen LogP contribution in [0.4, 0.5) is 17.6 Å². The number of piperidine rings is 1. The van der Waals surface area contributed by atoms with E-state index in [1.807, 2.05) is 0 Å². The number of carboxylic acid groups (broad SMARTS) is 2. The molecule has 3 rings (SSSR count). The number of nitrogens with one attached hydrogen (secondary N) is 1. The molecule has 1 saturated heterocycles. The van der Waals surface area contributed by atoms with Crippen LogP contribution in [0, 0.1) is 11.7 Å². The van der Waals surface area contributed by atoms with Gasteiger partial charge in [-0.25, -0.2) is 9.18 Å². The lowest BCUT2D eigenvalue weighted by atomic mass is 10.2. The molecule has 1 aliphatic carbocycles. The Morgan fingerprint density at radius 2 is 1.85 bits per heavy atom. The quantitative estimate of drug-likeness (QED) is 0.567. The molecule has 1 saturated carbocycles. The summed E-state index contributed by atoms with van der Waals surface area (Å²) >= 11 is 5.46. The molecule has 0 unspecified atom stereocenters. The molecule has 146 valence electrons. The van der Waals surface area contributed by atoms with E-state index in [9.17, 15) is 22.4 Å². The standard InChI is InChI=1S/C7H7ClFN.C6H9NO2.C2HF3O2/c8-6-3-1-2-5(4-10)7(6)9;8-6(9)5-2-3-1-4(3)7-5;3-2(4,5)1(6)7/h1-3H,4,10H2;3-5,7H,1-2H2,(H,8,9);(H,6,7)/t;3-,4-,5+;/m.1./s1. The van der Waals surface area contributed by atoms with Crippen molar-refractivity contribution in [3.63, 3.8) is 0 Å². The van der Waals surface area contributed by atoms with E-state index in [0.717, 1.165) is 6.42 Å². The number of nitrogens with two attached hydrogens (primary N) is 1. The van der Waals surface area contributed by atoms with Crippen LogP contribution in [0.3, 0.4) is 0 Å². The minimum absolute atomic E-state index is 0.128. The summed E-state index contributed by atoms with van der Waals surface area (Å²) in [4.78, 5) is 19.2. The maximum atomic E-state index is 12.8. The van der Waals surface area contributed by atoms with E-state index in [0.29, 0.717) is 17.5 Å². The first-order chi connectivity index (χ1) is 12.0. The zero-order chi connectivity index (χ0) is 20.1. The van der Waals surface area contributed by atoms with Crippen molar-refractivity contribution in [2.45, 2.75) is 37.6 Å². The van der Waals surface area contributed by atoms with Crippen LogP contribution in [-0.4, -0.2) is 40.4 Å². The largest absolute Gasteiger partial charge is 0.490 e.